The van der Waals surface area contributed by atoms with E-state index in [4.69, 9.17) is 14.5 Å². The molecule has 0 aliphatic heterocycles. The van der Waals surface area contributed by atoms with Crippen LogP contribution in [0.2, 0.25) is 0 Å². The summed E-state index contributed by atoms with van der Waals surface area (Å²) in [4.78, 5) is 4.71. The third-order valence-electron chi connectivity index (χ3n) is 4.22. The zero-order valence-corrected chi connectivity index (χ0v) is 19.9. The minimum Gasteiger partial charge on any atom is -0.496 e. The summed E-state index contributed by atoms with van der Waals surface area (Å²) < 4.78 is 12.9. The van der Waals surface area contributed by atoms with E-state index >= 15 is 0 Å². The summed E-state index contributed by atoms with van der Waals surface area (Å²) in [5, 5.41) is 14.9. The highest BCUT2D eigenvalue weighted by Crippen LogP contribution is 2.17. The number of methoxy groups -OCH3 is 1. The van der Waals surface area contributed by atoms with Crippen molar-refractivity contribution in [2.45, 2.75) is 39.8 Å². The van der Waals surface area contributed by atoms with Crippen LogP contribution in [0.5, 0.6) is 5.75 Å². The van der Waals surface area contributed by atoms with Gasteiger partial charge < -0.3 is 24.7 Å². The zero-order chi connectivity index (χ0) is 20.0. The highest BCUT2D eigenvalue weighted by atomic mass is 127. The number of aromatic nitrogens is 3. The Kier molecular flexibility index (Phi) is 13.0. The van der Waals surface area contributed by atoms with Gasteiger partial charge in [-0.2, -0.15) is 0 Å². The van der Waals surface area contributed by atoms with Crippen molar-refractivity contribution in [1.82, 2.24) is 25.4 Å². The monoisotopic (exact) mass is 516 g/mol. The van der Waals surface area contributed by atoms with E-state index in [1.807, 2.05) is 31.2 Å². The second-order valence-electron chi connectivity index (χ2n) is 6.17. The van der Waals surface area contributed by atoms with E-state index in [9.17, 15) is 0 Å². The molecule has 2 aromatic rings. The number of hydrogen-bond acceptors (Lipinski definition) is 5. The molecule has 0 atom stereocenters. The van der Waals surface area contributed by atoms with Crippen molar-refractivity contribution in [1.29, 1.82) is 0 Å². The minimum absolute atomic E-state index is 0. The second kappa shape index (κ2) is 15.0. The smallest absolute Gasteiger partial charge is 0.191 e. The summed E-state index contributed by atoms with van der Waals surface area (Å²) in [7, 11) is 1.68. The first-order valence-corrected chi connectivity index (χ1v) is 9.87. The molecule has 29 heavy (non-hydrogen) atoms. The fraction of sp³-hybridized carbons (Fsp3) is 0.550. The Balaban J connectivity index is 0.00000420. The Bertz CT molecular complexity index is 723. The second-order valence-corrected chi connectivity index (χ2v) is 6.17. The van der Waals surface area contributed by atoms with E-state index < -0.39 is 0 Å². The molecule has 162 valence electrons. The van der Waals surface area contributed by atoms with Gasteiger partial charge in [-0.05, 0) is 19.4 Å². The number of nitrogens with one attached hydrogen (secondary N) is 2. The van der Waals surface area contributed by atoms with Crippen LogP contribution in [0.15, 0.2) is 35.6 Å². The molecule has 0 unspecified atom stereocenters. The van der Waals surface area contributed by atoms with Crippen molar-refractivity contribution in [3.63, 3.8) is 0 Å². The number of aliphatic imine (C=N–C) groups is 1. The van der Waals surface area contributed by atoms with Crippen LogP contribution in [0.1, 0.15) is 31.7 Å². The molecule has 0 radical (unpaired) electrons. The quantitative estimate of drug-likeness (QED) is 0.195. The molecule has 1 aromatic carbocycles. The van der Waals surface area contributed by atoms with Crippen molar-refractivity contribution in [3.05, 3.63) is 42.0 Å². The van der Waals surface area contributed by atoms with Crippen LogP contribution in [0.3, 0.4) is 0 Å². The van der Waals surface area contributed by atoms with Gasteiger partial charge in [-0.3, -0.25) is 0 Å². The Labute approximate surface area is 190 Å². The Morgan fingerprint density at radius 1 is 1.17 bits per heavy atom. The predicted molar refractivity (Wildman–Crippen MR) is 126 cm³/mol. The zero-order valence-electron chi connectivity index (χ0n) is 17.6. The van der Waals surface area contributed by atoms with Gasteiger partial charge >= 0.3 is 0 Å². The standard InChI is InChI=1S/C20H32N6O2.HI/c1-4-19-25-24-16-26(19)13-12-22-20(21-11-8-14-28-5-2)23-15-17-9-6-7-10-18(17)27-3;/h6-7,9-10,16H,4-5,8,11-15H2,1-3H3,(H2,21,22,23);1H. The highest BCUT2D eigenvalue weighted by Gasteiger charge is 2.04. The first kappa shape index (κ1) is 25.2. The molecule has 0 amide bonds. The lowest BCUT2D eigenvalue weighted by Gasteiger charge is -2.14. The molecule has 0 aliphatic rings. The number of para-hydroxylation sites is 1. The van der Waals surface area contributed by atoms with Crippen LogP contribution in [-0.2, 0) is 24.2 Å². The molecule has 2 N–H and O–H groups in total. The molecular formula is C20H33IN6O2. The maximum absolute atomic E-state index is 5.41. The first-order valence-electron chi connectivity index (χ1n) is 9.87. The third-order valence-corrected chi connectivity index (χ3v) is 4.22. The number of aryl methyl sites for hydroxylation is 1. The normalized spacial score (nSPS) is 11.1. The Morgan fingerprint density at radius 2 is 1.97 bits per heavy atom. The lowest BCUT2D eigenvalue weighted by molar-refractivity contribution is 0.145. The molecule has 0 saturated heterocycles. The minimum atomic E-state index is 0. The summed E-state index contributed by atoms with van der Waals surface area (Å²) in [5.74, 6) is 2.60. The van der Waals surface area contributed by atoms with Crippen molar-refractivity contribution < 1.29 is 9.47 Å². The number of halogens is 1. The van der Waals surface area contributed by atoms with Gasteiger partial charge in [0.15, 0.2) is 5.96 Å². The van der Waals surface area contributed by atoms with Crippen LogP contribution >= 0.6 is 24.0 Å². The summed E-state index contributed by atoms with van der Waals surface area (Å²) in [6, 6.07) is 7.93. The van der Waals surface area contributed by atoms with Crippen LogP contribution in [0.4, 0.5) is 0 Å². The Hall–Kier alpha value is -1.88. The molecule has 0 bridgehead atoms. The Morgan fingerprint density at radius 3 is 2.72 bits per heavy atom. The van der Waals surface area contributed by atoms with Gasteiger partial charge in [0.2, 0.25) is 0 Å². The van der Waals surface area contributed by atoms with Crippen LogP contribution < -0.4 is 15.4 Å². The van der Waals surface area contributed by atoms with E-state index in [2.05, 4.69) is 32.3 Å². The van der Waals surface area contributed by atoms with E-state index in [0.717, 1.165) is 68.8 Å². The van der Waals surface area contributed by atoms with Crippen molar-refractivity contribution >= 4 is 29.9 Å². The van der Waals surface area contributed by atoms with Crippen LogP contribution in [0, 0.1) is 0 Å². The molecule has 0 saturated carbocycles. The van der Waals surface area contributed by atoms with Crippen molar-refractivity contribution in [3.8, 4) is 5.75 Å². The SMILES string of the molecule is CCOCCCNC(=NCc1ccccc1OC)NCCn1cnnc1CC.I. The fourth-order valence-corrected chi connectivity index (χ4v) is 2.73. The maximum atomic E-state index is 5.41. The van der Waals surface area contributed by atoms with Crippen LogP contribution in [0.25, 0.3) is 0 Å². The number of rotatable bonds is 12. The molecular weight excluding hydrogens is 483 g/mol. The molecule has 0 spiro atoms. The molecule has 9 heteroatoms. The van der Waals surface area contributed by atoms with Crippen molar-refractivity contribution in [2.75, 3.05) is 33.4 Å². The molecule has 0 aliphatic carbocycles. The topological polar surface area (TPSA) is 85.6 Å². The van der Waals surface area contributed by atoms with Gasteiger partial charge in [0.25, 0.3) is 0 Å². The molecule has 1 aromatic heterocycles. The number of ether oxygens (including phenoxy) is 2. The largest absolute Gasteiger partial charge is 0.496 e. The summed E-state index contributed by atoms with van der Waals surface area (Å²) in [6.07, 6.45) is 3.56. The molecule has 8 nitrogen and oxygen atoms in total. The average Bonchev–Trinajstić information content (AvgIpc) is 3.19. The van der Waals surface area contributed by atoms with Crippen LogP contribution in [-0.4, -0.2) is 54.1 Å². The van der Waals surface area contributed by atoms with E-state index in [1.165, 1.54) is 0 Å². The first-order chi connectivity index (χ1) is 13.8. The van der Waals surface area contributed by atoms with Crippen molar-refractivity contribution in [2.24, 2.45) is 4.99 Å². The molecule has 0 fully saturated rings. The lowest BCUT2D eigenvalue weighted by atomic mass is 10.2. The van der Waals surface area contributed by atoms with Gasteiger partial charge in [0.1, 0.15) is 17.9 Å². The third kappa shape index (κ3) is 8.99. The molecule has 2 rings (SSSR count). The van der Waals surface area contributed by atoms with Gasteiger partial charge in [-0.15, -0.1) is 34.2 Å². The number of guanidine groups is 1. The van der Waals surface area contributed by atoms with Gasteiger partial charge in [0.05, 0.1) is 13.7 Å². The fourth-order valence-electron chi connectivity index (χ4n) is 2.73. The van der Waals surface area contributed by atoms with E-state index in [1.54, 1.807) is 13.4 Å². The molecule has 1 heterocycles. The van der Waals surface area contributed by atoms with Gasteiger partial charge in [0, 0.05) is 44.8 Å². The number of nitrogens with zero attached hydrogens (tertiary/aromatic N) is 4. The highest BCUT2D eigenvalue weighted by molar-refractivity contribution is 14.0. The predicted octanol–water partition coefficient (Wildman–Crippen LogP) is 2.63. The summed E-state index contributed by atoms with van der Waals surface area (Å²) in [5.41, 5.74) is 1.05. The number of benzene rings is 1. The van der Waals surface area contributed by atoms with E-state index in [0.29, 0.717) is 6.54 Å². The van der Waals surface area contributed by atoms with E-state index in [-0.39, 0.29) is 24.0 Å². The average molecular weight is 516 g/mol. The summed E-state index contributed by atoms with van der Waals surface area (Å²) in [6.45, 7) is 8.41. The lowest BCUT2D eigenvalue weighted by Crippen LogP contribution is -2.39. The maximum Gasteiger partial charge on any atom is 0.191 e. The van der Waals surface area contributed by atoms with Gasteiger partial charge in [-0.1, -0.05) is 25.1 Å². The summed E-state index contributed by atoms with van der Waals surface area (Å²) >= 11 is 0. The van der Waals surface area contributed by atoms with Gasteiger partial charge in [-0.25, -0.2) is 4.99 Å². The number of hydrogen-bond donors (Lipinski definition) is 2.